The SMILES string of the molecule is Nc1cnc(Cl)c(F)c1N. The monoisotopic (exact) mass is 161 g/mol. The zero-order valence-electron chi connectivity index (χ0n) is 4.94. The molecule has 3 nitrogen and oxygen atoms in total. The van der Waals surface area contributed by atoms with Crippen LogP contribution >= 0.6 is 11.6 Å². The molecular weight excluding hydrogens is 157 g/mol. The molecule has 0 aliphatic carbocycles. The summed E-state index contributed by atoms with van der Waals surface area (Å²) in [5, 5.41) is -0.258. The number of rotatable bonds is 0. The number of halogens is 2. The minimum atomic E-state index is -0.762. The summed E-state index contributed by atoms with van der Waals surface area (Å²) >= 11 is 5.26. The van der Waals surface area contributed by atoms with E-state index in [0.29, 0.717) is 0 Å². The number of nitrogen functional groups attached to an aromatic ring is 2. The molecule has 0 spiro atoms. The quantitative estimate of drug-likeness (QED) is 0.559. The summed E-state index contributed by atoms with van der Waals surface area (Å²) in [4.78, 5) is 3.42. The van der Waals surface area contributed by atoms with Crippen molar-refractivity contribution in [1.29, 1.82) is 0 Å². The number of pyridine rings is 1. The van der Waals surface area contributed by atoms with Crippen LogP contribution in [0.25, 0.3) is 0 Å². The molecule has 10 heavy (non-hydrogen) atoms. The van der Waals surface area contributed by atoms with Crippen molar-refractivity contribution in [3.05, 3.63) is 17.2 Å². The maximum Gasteiger partial charge on any atom is 0.185 e. The molecule has 0 unspecified atom stereocenters. The van der Waals surface area contributed by atoms with E-state index in [9.17, 15) is 4.39 Å². The molecule has 0 saturated heterocycles. The van der Waals surface area contributed by atoms with Gasteiger partial charge in [0, 0.05) is 0 Å². The van der Waals surface area contributed by atoms with Gasteiger partial charge in [0.15, 0.2) is 11.0 Å². The van der Waals surface area contributed by atoms with Crippen LogP contribution < -0.4 is 11.5 Å². The summed E-state index contributed by atoms with van der Waals surface area (Å²) in [5.41, 5.74) is 10.3. The zero-order valence-corrected chi connectivity index (χ0v) is 5.69. The highest BCUT2D eigenvalue weighted by molar-refractivity contribution is 6.29. The molecule has 0 radical (unpaired) electrons. The van der Waals surface area contributed by atoms with Gasteiger partial charge in [-0.2, -0.15) is 0 Å². The summed E-state index contributed by atoms with van der Waals surface area (Å²) < 4.78 is 12.6. The van der Waals surface area contributed by atoms with Crippen LogP contribution in [0.3, 0.4) is 0 Å². The van der Waals surface area contributed by atoms with Crippen molar-refractivity contribution in [3.8, 4) is 0 Å². The van der Waals surface area contributed by atoms with Crippen molar-refractivity contribution in [3.63, 3.8) is 0 Å². The lowest BCUT2D eigenvalue weighted by Gasteiger charge is -1.99. The van der Waals surface area contributed by atoms with Crippen LogP contribution in [-0.2, 0) is 0 Å². The Labute approximate surface area is 61.8 Å². The standard InChI is InChI=1S/C5H5ClFN3/c6-5-3(7)4(9)2(8)1-10-5/h1H,8H2,(H2,9,10). The third-order valence-corrected chi connectivity index (χ3v) is 1.31. The number of hydrogen-bond donors (Lipinski definition) is 2. The van der Waals surface area contributed by atoms with E-state index in [0.717, 1.165) is 0 Å². The van der Waals surface area contributed by atoms with Crippen molar-refractivity contribution in [1.82, 2.24) is 4.98 Å². The summed E-state index contributed by atoms with van der Waals surface area (Å²) in [5.74, 6) is -0.762. The van der Waals surface area contributed by atoms with Crippen LogP contribution in [0.5, 0.6) is 0 Å². The van der Waals surface area contributed by atoms with E-state index < -0.39 is 5.82 Å². The second-order valence-corrected chi connectivity index (χ2v) is 2.09. The number of aromatic nitrogens is 1. The van der Waals surface area contributed by atoms with Crippen molar-refractivity contribution in [2.45, 2.75) is 0 Å². The number of nitrogens with two attached hydrogens (primary N) is 2. The minimum absolute atomic E-state index is 0.0990. The number of hydrogen-bond acceptors (Lipinski definition) is 3. The average Bonchev–Trinajstić information content (AvgIpc) is 1.93. The van der Waals surface area contributed by atoms with Crippen molar-refractivity contribution in [2.75, 3.05) is 11.5 Å². The molecular formula is C5H5ClFN3. The summed E-state index contributed by atoms with van der Waals surface area (Å²) in [6, 6.07) is 0. The van der Waals surface area contributed by atoms with Gasteiger partial charge in [0.25, 0.3) is 0 Å². The lowest BCUT2D eigenvalue weighted by atomic mass is 10.3. The molecule has 0 aromatic carbocycles. The van der Waals surface area contributed by atoms with Gasteiger partial charge in [-0.15, -0.1) is 0 Å². The Balaban J connectivity index is 3.34. The first kappa shape index (κ1) is 7.08. The lowest BCUT2D eigenvalue weighted by Crippen LogP contribution is -1.99. The van der Waals surface area contributed by atoms with E-state index in [4.69, 9.17) is 23.1 Å². The second-order valence-electron chi connectivity index (χ2n) is 1.73. The average molecular weight is 162 g/mol. The van der Waals surface area contributed by atoms with Crippen LogP contribution in [0.2, 0.25) is 5.15 Å². The Bertz CT molecular complexity index is 236. The van der Waals surface area contributed by atoms with Crippen LogP contribution in [0.15, 0.2) is 6.20 Å². The summed E-state index contributed by atoms with van der Waals surface area (Å²) in [6.07, 6.45) is 1.21. The summed E-state index contributed by atoms with van der Waals surface area (Å²) in [6.45, 7) is 0. The van der Waals surface area contributed by atoms with Gasteiger partial charge in [0.05, 0.1) is 17.6 Å². The molecule has 0 fully saturated rings. The first-order valence-electron chi connectivity index (χ1n) is 2.48. The van der Waals surface area contributed by atoms with Crippen LogP contribution in [0, 0.1) is 5.82 Å². The molecule has 1 aromatic heterocycles. The molecule has 0 atom stereocenters. The third-order valence-electron chi connectivity index (χ3n) is 1.05. The Kier molecular flexibility index (Phi) is 1.63. The first-order valence-corrected chi connectivity index (χ1v) is 2.85. The smallest absolute Gasteiger partial charge is 0.185 e. The number of anilines is 2. The van der Waals surface area contributed by atoms with Gasteiger partial charge < -0.3 is 11.5 Å². The van der Waals surface area contributed by atoms with Gasteiger partial charge in [-0.1, -0.05) is 11.6 Å². The molecule has 1 heterocycles. The Morgan fingerprint density at radius 3 is 2.60 bits per heavy atom. The number of nitrogens with zero attached hydrogens (tertiary/aromatic N) is 1. The van der Waals surface area contributed by atoms with Crippen molar-refractivity contribution >= 4 is 23.0 Å². The highest BCUT2D eigenvalue weighted by Crippen LogP contribution is 2.22. The molecule has 1 aromatic rings. The molecule has 54 valence electrons. The largest absolute Gasteiger partial charge is 0.396 e. The van der Waals surface area contributed by atoms with E-state index in [1.165, 1.54) is 6.20 Å². The molecule has 0 bridgehead atoms. The fourth-order valence-electron chi connectivity index (χ4n) is 0.490. The first-order chi connectivity index (χ1) is 4.63. The molecule has 0 saturated carbocycles. The van der Waals surface area contributed by atoms with Crippen LogP contribution in [0.4, 0.5) is 15.8 Å². The van der Waals surface area contributed by atoms with Crippen LogP contribution in [0.1, 0.15) is 0 Å². The van der Waals surface area contributed by atoms with Gasteiger partial charge >= 0.3 is 0 Å². The maximum atomic E-state index is 12.6. The molecule has 1 rings (SSSR count). The fraction of sp³-hybridized carbons (Fsp3) is 0. The van der Waals surface area contributed by atoms with E-state index in [1.54, 1.807) is 0 Å². The zero-order chi connectivity index (χ0) is 7.72. The van der Waals surface area contributed by atoms with Crippen LogP contribution in [-0.4, -0.2) is 4.98 Å². The lowest BCUT2D eigenvalue weighted by molar-refractivity contribution is 0.627. The van der Waals surface area contributed by atoms with E-state index in [1.807, 2.05) is 0 Å². The second kappa shape index (κ2) is 2.30. The highest BCUT2D eigenvalue weighted by atomic mass is 35.5. The minimum Gasteiger partial charge on any atom is -0.396 e. The topological polar surface area (TPSA) is 64.9 Å². The van der Waals surface area contributed by atoms with Gasteiger partial charge in [-0.3, -0.25) is 0 Å². The Hall–Kier alpha value is -1.03. The molecule has 0 aliphatic heterocycles. The summed E-state index contributed by atoms with van der Waals surface area (Å²) in [7, 11) is 0. The Morgan fingerprint density at radius 1 is 1.50 bits per heavy atom. The predicted octanol–water partition coefficient (Wildman–Crippen LogP) is 1.04. The molecule has 0 aliphatic rings. The van der Waals surface area contributed by atoms with Crippen molar-refractivity contribution < 1.29 is 4.39 Å². The van der Waals surface area contributed by atoms with Gasteiger partial charge in [-0.05, 0) is 0 Å². The van der Waals surface area contributed by atoms with E-state index in [-0.39, 0.29) is 16.5 Å². The predicted molar refractivity (Wildman–Crippen MR) is 38.0 cm³/mol. The molecule has 0 amide bonds. The Morgan fingerprint density at radius 2 is 2.10 bits per heavy atom. The highest BCUT2D eigenvalue weighted by Gasteiger charge is 2.06. The normalized spacial score (nSPS) is 9.80. The molecule has 5 heteroatoms. The van der Waals surface area contributed by atoms with E-state index >= 15 is 0 Å². The fourth-order valence-corrected chi connectivity index (χ4v) is 0.641. The van der Waals surface area contributed by atoms with Gasteiger partial charge in [0.1, 0.15) is 0 Å². The maximum absolute atomic E-state index is 12.6. The van der Waals surface area contributed by atoms with Gasteiger partial charge in [0.2, 0.25) is 0 Å². The van der Waals surface area contributed by atoms with E-state index in [2.05, 4.69) is 4.98 Å². The third kappa shape index (κ3) is 0.974. The molecule has 4 N–H and O–H groups in total. The van der Waals surface area contributed by atoms with Crippen molar-refractivity contribution in [2.24, 2.45) is 0 Å². The van der Waals surface area contributed by atoms with Gasteiger partial charge in [-0.25, -0.2) is 9.37 Å².